The molecular weight excluding hydrogens is 302 g/mol. The smallest absolute Gasteiger partial charge is 0.253 e. The average molecular weight is 320 g/mol. The van der Waals surface area contributed by atoms with Gasteiger partial charge in [-0.15, -0.1) is 0 Å². The molecule has 0 saturated heterocycles. The van der Waals surface area contributed by atoms with Crippen molar-refractivity contribution >= 4 is 17.5 Å². The molecule has 0 aromatic heterocycles. The summed E-state index contributed by atoms with van der Waals surface area (Å²) in [5, 5.41) is 10.6. The van der Waals surface area contributed by atoms with Gasteiger partial charge in [0.25, 0.3) is 5.91 Å². The number of ether oxygens (including phenoxy) is 1. The highest BCUT2D eigenvalue weighted by atomic mass is 35.5. The molecule has 0 heterocycles. The summed E-state index contributed by atoms with van der Waals surface area (Å²) in [6, 6.07) is 12.7. The fraction of sp³-hybridized carbons (Fsp3) is 0.235. The van der Waals surface area contributed by atoms with Gasteiger partial charge in [-0.05, 0) is 37.1 Å². The molecule has 0 bridgehead atoms. The zero-order valence-corrected chi connectivity index (χ0v) is 13.2. The number of amides is 1. The van der Waals surface area contributed by atoms with Crippen LogP contribution in [0.4, 0.5) is 0 Å². The zero-order valence-electron chi connectivity index (χ0n) is 12.5. The lowest BCUT2D eigenvalue weighted by atomic mass is 9.91. The topological polar surface area (TPSA) is 72.6 Å². The highest BCUT2D eigenvalue weighted by molar-refractivity contribution is 6.31. The predicted molar refractivity (Wildman–Crippen MR) is 85.7 cm³/mol. The number of para-hydroxylation sites is 1. The van der Waals surface area contributed by atoms with Gasteiger partial charge in [0.15, 0.2) is 5.60 Å². The maximum absolute atomic E-state index is 11.5. The van der Waals surface area contributed by atoms with Crippen LogP contribution < -0.4 is 10.5 Å². The van der Waals surface area contributed by atoms with Crippen molar-refractivity contribution in [1.82, 2.24) is 0 Å². The fourth-order valence-corrected chi connectivity index (χ4v) is 2.61. The molecule has 2 rings (SSSR count). The van der Waals surface area contributed by atoms with Crippen LogP contribution in [0.2, 0.25) is 5.02 Å². The lowest BCUT2D eigenvalue weighted by Gasteiger charge is -2.24. The minimum Gasteiger partial charge on any atom is -0.489 e. The third kappa shape index (κ3) is 3.24. The minimum atomic E-state index is -1.86. The van der Waals surface area contributed by atoms with Crippen molar-refractivity contribution in [2.75, 3.05) is 0 Å². The van der Waals surface area contributed by atoms with Crippen molar-refractivity contribution in [1.29, 1.82) is 0 Å². The lowest BCUT2D eigenvalue weighted by Crippen LogP contribution is -2.39. The summed E-state index contributed by atoms with van der Waals surface area (Å²) in [5.74, 6) is -0.134. The van der Waals surface area contributed by atoms with Gasteiger partial charge < -0.3 is 15.6 Å². The first-order valence-corrected chi connectivity index (χ1v) is 7.20. The van der Waals surface area contributed by atoms with E-state index >= 15 is 0 Å². The van der Waals surface area contributed by atoms with E-state index in [4.69, 9.17) is 22.1 Å². The van der Waals surface area contributed by atoms with Crippen LogP contribution in [-0.2, 0) is 17.0 Å². The van der Waals surface area contributed by atoms with Gasteiger partial charge in [0.05, 0.1) is 0 Å². The second kappa shape index (κ2) is 6.38. The molecule has 0 aliphatic rings. The number of benzene rings is 2. The van der Waals surface area contributed by atoms with Gasteiger partial charge in [0.2, 0.25) is 0 Å². The molecule has 22 heavy (non-hydrogen) atoms. The summed E-state index contributed by atoms with van der Waals surface area (Å²) in [6.45, 7) is 3.44. The summed E-state index contributed by atoms with van der Waals surface area (Å²) >= 11 is 6.15. The van der Waals surface area contributed by atoms with Gasteiger partial charge in [-0.3, -0.25) is 4.79 Å². The first-order chi connectivity index (χ1) is 10.3. The molecule has 2 aromatic rings. The molecule has 0 spiro atoms. The van der Waals surface area contributed by atoms with Crippen LogP contribution in [0, 0.1) is 6.92 Å². The van der Waals surface area contributed by atoms with Gasteiger partial charge in [0.1, 0.15) is 12.4 Å². The Morgan fingerprint density at radius 2 is 1.95 bits per heavy atom. The van der Waals surface area contributed by atoms with Crippen LogP contribution in [0.1, 0.15) is 23.6 Å². The van der Waals surface area contributed by atoms with Gasteiger partial charge in [0, 0.05) is 10.6 Å². The maximum Gasteiger partial charge on any atom is 0.253 e. The lowest BCUT2D eigenvalue weighted by molar-refractivity contribution is -0.135. The van der Waals surface area contributed by atoms with Crippen LogP contribution in [0.15, 0.2) is 42.5 Å². The first-order valence-electron chi connectivity index (χ1n) is 6.82. The number of carbonyl (C=O) groups excluding carboxylic acids is 1. The normalized spacial score (nSPS) is 13.5. The molecule has 1 unspecified atom stereocenters. The summed E-state index contributed by atoms with van der Waals surface area (Å²) in [6.07, 6.45) is 0. The molecular formula is C17H18ClNO3. The Balaban J connectivity index is 2.35. The minimum absolute atomic E-state index is 0.171. The largest absolute Gasteiger partial charge is 0.489 e. The van der Waals surface area contributed by atoms with E-state index in [9.17, 15) is 9.90 Å². The highest BCUT2D eigenvalue weighted by Crippen LogP contribution is 2.32. The highest BCUT2D eigenvalue weighted by Gasteiger charge is 2.34. The molecule has 2 aromatic carbocycles. The summed E-state index contributed by atoms with van der Waals surface area (Å²) in [4.78, 5) is 11.5. The second-order valence-corrected chi connectivity index (χ2v) is 5.67. The second-order valence-electron chi connectivity index (χ2n) is 5.26. The van der Waals surface area contributed by atoms with Crippen molar-refractivity contribution < 1.29 is 14.6 Å². The number of rotatable bonds is 5. The molecule has 116 valence electrons. The summed E-state index contributed by atoms with van der Waals surface area (Å²) < 4.78 is 5.77. The number of hydrogen-bond acceptors (Lipinski definition) is 3. The van der Waals surface area contributed by atoms with Gasteiger partial charge in [-0.1, -0.05) is 41.9 Å². The van der Waals surface area contributed by atoms with Gasteiger partial charge in [-0.25, -0.2) is 0 Å². The molecule has 0 aliphatic carbocycles. The molecule has 0 aliphatic heterocycles. The Labute approximate surface area is 134 Å². The maximum atomic E-state index is 11.5. The molecule has 1 amide bonds. The number of hydrogen-bond donors (Lipinski definition) is 2. The van der Waals surface area contributed by atoms with Gasteiger partial charge >= 0.3 is 0 Å². The van der Waals surface area contributed by atoms with E-state index in [1.807, 2.05) is 31.2 Å². The number of nitrogens with two attached hydrogens (primary N) is 1. The van der Waals surface area contributed by atoms with Crippen LogP contribution in [0.25, 0.3) is 0 Å². The van der Waals surface area contributed by atoms with E-state index in [0.29, 0.717) is 5.56 Å². The van der Waals surface area contributed by atoms with Crippen LogP contribution >= 0.6 is 11.6 Å². The molecule has 0 saturated carbocycles. The average Bonchev–Trinajstić information content (AvgIpc) is 2.46. The number of aliphatic hydroxyl groups is 1. The quantitative estimate of drug-likeness (QED) is 0.890. The van der Waals surface area contributed by atoms with Crippen molar-refractivity contribution in [3.05, 3.63) is 64.2 Å². The Morgan fingerprint density at radius 1 is 1.27 bits per heavy atom. The Morgan fingerprint density at radius 3 is 2.59 bits per heavy atom. The van der Waals surface area contributed by atoms with Crippen LogP contribution in [0.3, 0.4) is 0 Å². The summed E-state index contributed by atoms with van der Waals surface area (Å²) in [7, 11) is 0. The zero-order chi connectivity index (χ0) is 16.3. The standard InChI is InChI=1S/C17H18ClNO3/c1-11-6-3-4-9-14(11)22-10-12-7-5-8-13(18)15(12)17(2,21)16(19)20/h3-9,21H,10H2,1-2H3,(H2,19,20). The molecule has 3 N–H and O–H groups in total. The number of aryl methyl sites for hydroxylation is 1. The Kier molecular flexibility index (Phi) is 4.74. The van der Waals surface area contributed by atoms with E-state index in [-0.39, 0.29) is 17.2 Å². The fourth-order valence-electron chi connectivity index (χ4n) is 2.23. The molecule has 5 heteroatoms. The summed E-state index contributed by atoms with van der Waals surface area (Å²) in [5.41, 5.74) is 5.30. The van der Waals surface area contributed by atoms with Crippen molar-refractivity contribution in [2.45, 2.75) is 26.1 Å². The monoisotopic (exact) mass is 319 g/mol. The Hall–Kier alpha value is -2.04. The third-order valence-corrected chi connectivity index (χ3v) is 3.86. The SMILES string of the molecule is Cc1ccccc1OCc1cccc(Cl)c1C(C)(O)C(N)=O. The molecule has 4 nitrogen and oxygen atoms in total. The van der Waals surface area contributed by atoms with Crippen LogP contribution in [-0.4, -0.2) is 11.0 Å². The van der Waals surface area contributed by atoms with E-state index in [1.54, 1.807) is 18.2 Å². The van der Waals surface area contributed by atoms with E-state index in [2.05, 4.69) is 0 Å². The number of primary amides is 1. The van der Waals surface area contributed by atoms with E-state index < -0.39 is 11.5 Å². The predicted octanol–water partition coefficient (Wildman–Crippen LogP) is 2.92. The van der Waals surface area contributed by atoms with Crippen molar-refractivity contribution in [2.24, 2.45) is 5.73 Å². The van der Waals surface area contributed by atoms with E-state index in [1.165, 1.54) is 6.92 Å². The third-order valence-electron chi connectivity index (χ3n) is 3.54. The van der Waals surface area contributed by atoms with Crippen molar-refractivity contribution in [3.63, 3.8) is 0 Å². The van der Waals surface area contributed by atoms with E-state index in [0.717, 1.165) is 11.3 Å². The molecule has 1 atom stereocenters. The van der Waals surface area contributed by atoms with Crippen molar-refractivity contribution in [3.8, 4) is 5.75 Å². The molecule has 0 fully saturated rings. The van der Waals surface area contributed by atoms with Crippen LogP contribution in [0.5, 0.6) is 5.75 Å². The van der Waals surface area contributed by atoms with Gasteiger partial charge in [-0.2, -0.15) is 0 Å². The Bertz CT molecular complexity index is 698. The number of halogens is 1. The molecule has 0 radical (unpaired) electrons. The number of carbonyl (C=O) groups is 1. The first kappa shape index (κ1) is 16.3.